The Bertz CT molecular complexity index is 498. The molecule has 0 heterocycles. The Balaban J connectivity index is 1.95. The lowest BCUT2D eigenvalue weighted by Gasteiger charge is -2.28. The van der Waals surface area contributed by atoms with Crippen molar-refractivity contribution >= 4 is 11.9 Å². The maximum Gasteiger partial charge on any atom is 0.306 e. The molecule has 1 amide bonds. The lowest BCUT2D eigenvalue weighted by atomic mass is 9.79. The number of carboxylic acids is 1. The molecule has 1 fully saturated rings. The average molecular weight is 275 g/mol. The molecule has 1 aliphatic carbocycles. The summed E-state index contributed by atoms with van der Waals surface area (Å²) < 4.78 is 0. The van der Waals surface area contributed by atoms with Crippen LogP contribution in [0.5, 0.6) is 0 Å². The standard InChI is InChI=1S/C16H21NO3/c1-11-6-2-4-8-13(11)15(18)17-10-12-7-3-5-9-14(12)16(19)20/h2,4,6,8,12,14H,3,5,7,9-10H2,1H3,(H,17,18)(H,19,20)/t12-,14-/m0/s1. The van der Waals surface area contributed by atoms with Gasteiger partial charge in [-0.1, -0.05) is 31.0 Å². The van der Waals surface area contributed by atoms with Crippen LogP contribution >= 0.6 is 0 Å². The predicted octanol–water partition coefficient (Wildman–Crippen LogP) is 2.62. The second-order valence-electron chi connectivity index (χ2n) is 5.51. The van der Waals surface area contributed by atoms with Gasteiger partial charge in [0.05, 0.1) is 5.92 Å². The number of rotatable bonds is 4. The van der Waals surface area contributed by atoms with E-state index in [4.69, 9.17) is 0 Å². The molecular weight excluding hydrogens is 254 g/mol. The van der Waals surface area contributed by atoms with Gasteiger partial charge in [0.15, 0.2) is 0 Å². The second kappa shape index (κ2) is 6.55. The average Bonchev–Trinajstić information content (AvgIpc) is 2.45. The molecule has 1 aliphatic rings. The van der Waals surface area contributed by atoms with Gasteiger partial charge in [0.25, 0.3) is 5.91 Å². The number of carboxylic acid groups (broad SMARTS) is 1. The maximum absolute atomic E-state index is 12.1. The zero-order chi connectivity index (χ0) is 14.5. The van der Waals surface area contributed by atoms with Crippen molar-refractivity contribution in [3.8, 4) is 0 Å². The Morgan fingerprint density at radius 3 is 2.65 bits per heavy atom. The molecule has 0 aromatic heterocycles. The van der Waals surface area contributed by atoms with Gasteiger partial charge in [-0.15, -0.1) is 0 Å². The minimum Gasteiger partial charge on any atom is -0.481 e. The van der Waals surface area contributed by atoms with Crippen molar-refractivity contribution in [2.75, 3.05) is 6.54 Å². The molecule has 2 N–H and O–H groups in total. The van der Waals surface area contributed by atoms with Gasteiger partial charge in [-0.3, -0.25) is 9.59 Å². The Morgan fingerprint density at radius 2 is 1.95 bits per heavy atom. The van der Waals surface area contributed by atoms with Crippen LogP contribution in [0.1, 0.15) is 41.6 Å². The summed E-state index contributed by atoms with van der Waals surface area (Å²) in [6.45, 7) is 2.35. The third-order valence-electron chi connectivity index (χ3n) is 4.14. The highest BCUT2D eigenvalue weighted by Gasteiger charge is 2.30. The SMILES string of the molecule is Cc1ccccc1C(=O)NC[C@@H]1CCCC[C@@H]1C(=O)O. The number of hydrogen-bond acceptors (Lipinski definition) is 2. The van der Waals surface area contributed by atoms with Crippen molar-refractivity contribution in [3.63, 3.8) is 0 Å². The first-order chi connectivity index (χ1) is 9.59. The summed E-state index contributed by atoms with van der Waals surface area (Å²) in [4.78, 5) is 23.3. The third-order valence-corrected chi connectivity index (χ3v) is 4.14. The van der Waals surface area contributed by atoms with Crippen LogP contribution in [0.25, 0.3) is 0 Å². The molecule has 4 heteroatoms. The van der Waals surface area contributed by atoms with Gasteiger partial charge in [-0.25, -0.2) is 0 Å². The van der Waals surface area contributed by atoms with E-state index < -0.39 is 5.97 Å². The lowest BCUT2D eigenvalue weighted by molar-refractivity contribution is -0.144. The topological polar surface area (TPSA) is 66.4 Å². The molecule has 0 radical (unpaired) electrons. The monoisotopic (exact) mass is 275 g/mol. The van der Waals surface area contributed by atoms with E-state index in [9.17, 15) is 14.7 Å². The van der Waals surface area contributed by atoms with Gasteiger partial charge < -0.3 is 10.4 Å². The van der Waals surface area contributed by atoms with Crippen LogP contribution in [-0.4, -0.2) is 23.5 Å². The van der Waals surface area contributed by atoms with Gasteiger partial charge >= 0.3 is 5.97 Å². The molecule has 20 heavy (non-hydrogen) atoms. The first-order valence-electron chi connectivity index (χ1n) is 7.16. The molecule has 0 spiro atoms. The quantitative estimate of drug-likeness (QED) is 0.887. The van der Waals surface area contributed by atoms with Crippen LogP contribution in [0, 0.1) is 18.8 Å². The summed E-state index contributed by atoms with van der Waals surface area (Å²) in [5.74, 6) is -1.12. The van der Waals surface area contributed by atoms with Gasteiger partial charge in [0, 0.05) is 12.1 Å². The molecule has 108 valence electrons. The minimum atomic E-state index is -0.736. The smallest absolute Gasteiger partial charge is 0.306 e. The fourth-order valence-corrected chi connectivity index (χ4v) is 2.92. The summed E-state index contributed by atoms with van der Waals surface area (Å²) in [7, 11) is 0. The third kappa shape index (κ3) is 3.38. The van der Waals surface area contributed by atoms with E-state index in [0.29, 0.717) is 12.1 Å². The van der Waals surface area contributed by atoms with Crippen LogP contribution < -0.4 is 5.32 Å². The van der Waals surface area contributed by atoms with Crippen molar-refractivity contribution in [1.82, 2.24) is 5.32 Å². The number of amides is 1. The Hall–Kier alpha value is -1.84. The molecule has 0 saturated heterocycles. The van der Waals surface area contributed by atoms with E-state index in [1.807, 2.05) is 25.1 Å². The summed E-state index contributed by atoms with van der Waals surface area (Å²) in [6, 6.07) is 7.42. The Morgan fingerprint density at radius 1 is 1.25 bits per heavy atom. The van der Waals surface area contributed by atoms with E-state index in [-0.39, 0.29) is 17.7 Å². The van der Waals surface area contributed by atoms with Gasteiger partial charge in [-0.2, -0.15) is 0 Å². The van der Waals surface area contributed by atoms with Crippen LogP contribution in [-0.2, 0) is 4.79 Å². The minimum absolute atomic E-state index is 0.0502. The van der Waals surface area contributed by atoms with Crippen LogP contribution in [0.3, 0.4) is 0 Å². The van der Waals surface area contributed by atoms with Crippen molar-refractivity contribution in [1.29, 1.82) is 0 Å². The number of carbonyl (C=O) groups is 2. The summed E-state index contributed by atoms with van der Waals surface area (Å²) in [6.07, 6.45) is 3.62. The number of carbonyl (C=O) groups excluding carboxylic acids is 1. The summed E-state index contributed by atoms with van der Waals surface area (Å²) >= 11 is 0. The van der Waals surface area contributed by atoms with Gasteiger partial charge in [0.1, 0.15) is 0 Å². The molecule has 1 aromatic rings. The first kappa shape index (κ1) is 14.6. The summed E-state index contributed by atoms with van der Waals surface area (Å²) in [5.41, 5.74) is 1.60. The number of nitrogens with one attached hydrogen (secondary N) is 1. The highest BCUT2D eigenvalue weighted by molar-refractivity contribution is 5.95. The van der Waals surface area contributed by atoms with Crippen LogP contribution in [0.2, 0.25) is 0 Å². The number of hydrogen-bond donors (Lipinski definition) is 2. The highest BCUT2D eigenvalue weighted by atomic mass is 16.4. The highest BCUT2D eigenvalue weighted by Crippen LogP contribution is 2.29. The van der Waals surface area contributed by atoms with Crippen molar-refractivity contribution in [2.45, 2.75) is 32.6 Å². The van der Waals surface area contributed by atoms with Crippen LogP contribution in [0.4, 0.5) is 0 Å². The van der Waals surface area contributed by atoms with E-state index in [1.165, 1.54) is 0 Å². The largest absolute Gasteiger partial charge is 0.481 e. The fourth-order valence-electron chi connectivity index (χ4n) is 2.92. The Labute approximate surface area is 119 Å². The lowest BCUT2D eigenvalue weighted by Crippen LogP contribution is -2.37. The van der Waals surface area contributed by atoms with Gasteiger partial charge in [0.2, 0.25) is 0 Å². The molecule has 2 rings (SSSR count). The molecule has 0 bridgehead atoms. The molecule has 4 nitrogen and oxygen atoms in total. The second-order valence-corrected chi connectivity index (χ2v) is 5.51. The zero-order valence-electron chi connectivity index (χ0n) is 11.8. The van der Waals surface area contributed by atoms with Crippen molar-refractivity contribution in [2.24, 2.45) is 11.8 Å². The van der Waals surface area contributed by atoms with E-state index in [1.54, 1.807) is 6.07 Å². The van der Waals surface area contributed by atoms with E-state index >= 15 is 0 Å². The number of aryl methyl sites for hydroxylation is 1. The molecule has 0 unspecified atom stereocenters. The molecular formula is C16H21NO3. The van der Waals surface area contributed by atoms with Gasteiger partial charge in [-0.05, 0) is 37.3 Å². The summed E-state index contributed by atoms with van der Waals surface area (Å²) in [5, 5.41) is 12.1. The van der Waals surface area contributed by atoms with E-state index in [0.717, 1.165) is 31.2 Å². The normalized spacial score (nSPS) is 22.2. The van der Waals surface area contributed by atoms with Crippen molar-refractivity contribution in [3.05, 3.63) is 35.4 Å². The number of aliphatic carboxylic acids is 1. The number of benzene rings is 1. The first-order valence-corrected chi connectivity index (χ1v) is 7.16. The maximum atomic E-state index is 12.1. The molecule has 0 aliphatic heterocycles. The zero-order valence-corrected chi connectivity index (χ0v) is 11.8. The predicted molar refractivity (Wildman–Crippen MR) is 76.6 cm³/mol. The molecule has 1 aromatic carbocycles. The van der Waals surface area contributed by atoms with E-state index in [2.05, 4.69) is 5.32 Å². The fraction of sp³-hybridized carbons (Fsp3) is 0.500. The molecule has 1 saturated carbocycles. The Kier molecular flexibility index (Phi) is 4.77. The van der Waals surface area contributed by atoms with Crippen LogP contribution in [0.15, 0.2) is 24.3 Å². The van der Waals surface area contributed by atoms with Crippen molar-refractivity contribution < 1.29 is 14.7 Å². The molecule has 2 atom stereocenters.